The summed E-state index contributed by atoms with van der Waals surface area (Å²) in [7, 11) is 0. The maximum absolute atomic E-state index is 12.1. The molecule has 0 saturated heterocycles. The minimum atomic E-state index is 0.0905. The Morgan fingerprint density at radius 3 is 2.48 bits per heavy atom. The van der Waals surface area contributed by atoms with Gasteiger partial charge in [-0.1, -0.05) is 66.7 Å². The van der Waals surface area contributed by atoms with Crippen LogP contribution in [0.2, 0.25) is 0 Å². The Labute approximate surface area is 123 Å². The molecule has 0 spiro atoms. The highest BCUT2D eigenvalue weighted by molar-refractivity contribution is 6.06. The highest BCUT2D eigenvalue weighted by Crippen LogP contribution is 2.40. The minimum absolute atomic E-state index is 0.0905. The van der Waals surface area contributed by atoms with Crippen molar-refractivity contribution in [1.29, 1.82) is 0 Å². The van der Waals surface area contributed by atoms with E-state index in [0.29, 0.717) is 6.42 Å². The highest BCUT2D eigenvalue weighted by Gasteiger charge is 2.27. The number of nitrogens with one attached hydrogen (secondary N) is 1. The van der Waals surface area contributed by atoms with Crippen molar-refractivity contribution in [1.82, 2.24) is 0 Å². The van der Waals surface area contributed by atoms with Gasteiger partial charge in [0.1, 0.15) is 0 Å². The third-order valence-electron chi connectivity index (χ3n) is 4.19. The van der Waals surface area contributed by atoms with Crippen molar-refractivity contribution in [3.05, 3.63) is 77.9 Å². The van der Waals surface area contributed by atoms with Crippen LogP contribution in [0.4, 0.5) is 5.69 Å². The molecular formula is C19H15NO. The van der Waals surface area contributed by atoms with Gasteiger partial charge < -0.3 is 5.32 Å². The van der Waals surface area contributed by atoms with E-state index in [1.54, 1.807) is 0 Å². The normalized spacial score (nSPS) is 17.3. The van der Waals surface area contributed by atoms with Gasteiger partial charge in [-0.3, -0.25) is 4.79 Å². The van der Waals surface area contributed by atoms with Gasteiger partial charge in [-0.15, -0.1) is 0 Å². The van der Waals surface area contributed by atoms with Crippen molar-refractivity contribution in [2.45, 2.75) is 12.3 Å². The molecule has 1 aliphatic heterocycles. The van der Waals surface area contributed by atoms with Crippen molar-refractivity contribution in [2.75, 3.05) is 5.32 Å². The Balaban J connectivity index is 1.95. The maximum atomic E-state index is 12.1. The van der Waals surface area contributed by atoms with Gasteiger partial charge in [-0.05, 0) is 16.5 Å². The standard InChI is InChI=1S/C19H15NO/c21-18-12-17(13-6-2-1-3-7-13)16-11-10-14-8-4-5-9-15(14)19(16)20-18/h1-11,17H,12H2,(H,20,21)/t17-/m1/s1. The third-order valence-corrected chi connectivity index (χ3v) is 4.19. The van der Waals surface area contributed by atoms with Gasteiger partial charge in [0.25, 0.3) is 0 Å². The van der Waals surface area contributed by atoms with Crippen molar-refractivity contribution >= 4 is 22.4 Å². The fourth-order valence-corrected chi connectivity index (χ4v) is 3.19. The summed E-state index contributed by atoms with van der Waals surface area (Å²) >= 11 is 0. The Kier molecular flexibility index (Phi) is 2.74. The summed E-state index contributed by atoms with van der Waals surface area (Å²) in [4.78, 5) is 12.1. The van der Waals surface area contributed by atoms with Crippen LogP contribution in [0.15, 0.2) is 66.7 Å². The van der Waals surface area contributed by atoms with Gasteiger partial charge in [-0.2, -0.15) is 0 Å². The SMILES string of the molecule is O=C1C[C@H](c2ccccc2)c2ccc3ccccc3c2N1. The van der Waals surface area contributed by atoms with Crippen molar-refractivity contribution in [2.24, 2.45) is 0 Å². The smallest absolute Gasteiger partial charge is 0.225 e. The molecule has 1 aliphatic rings. The summed E-state index contributed by atoms with van der Waals surface area (Å²) in [6.45, 7) is 0. The van der Waals surface area contributed by atoms with Crippen LogP contribution in [0.25, 0.3) is 10.8 Å². The van der Waals surface area contributed by atoms with E-state index in [4.69, 9.17) is 0 Å². The highest BCUT2D eigenvalue weighted by atomic mass is 16.1. The van der Waals surface area contributed by atoms with Crippen molar-refractivity contribution in [3.8, 4) is 0 Å². The van der Waals surface area contributed by atoms with Crippen LogP contribution in [-0.4, -0.2) is 5.91 Å². The van der Waals surface area contributed by atoms with E-state index < -0.39 is 0 Å². The average Bonchev–Trinajstić information content (AvgIpc) is 2.55. The molecular weight excluding hydrogens is 258 g/mol. The number of benzene rings is 3. The number of rotatable bonds is 1. The largest absolute Gasteiger partial charge is 0.325 e. The summed E-state index contributed by atoms with van der Waals surface area (Å²) in [5, 5.41) is 5.34. The average molecular weight is 273 g/mol. The maximum Gasteiger partial charge on any atom is 0.225 e. The van der Waals surface area contributed by atoms with Gasteiger partial charge in [0.2, 0.25) is 5.91 Å². The van der Waals surface area contributed by atoms with E-state index in [2.05, 4.69) is 41.7 Å². The molecule has 0 radical (unpaired) electrons. The molecule has 102 valence electrons. The number of fused-ring (bicyclic) bond motifs is 3. The Morgan fingerprint density at radius 2 is 1.62 bits per heavy atom. The molecule has 3 aromatic carbocycles. The summed E-state index contributed by atoms with van der Waals surface area (Å²) < 4.78 is 0. The molecule has 0 bridgehead atoms. The summed E-state index contributed by atoms with van der Waals surface area (Å²) in [6, 6.07) is 22.7. The molecule has 4 rings (SSSR count). The molecule has 21 heavy (non-hydrogen) atoms. The first-order valence-electron chi connectivity index (χ1n) is 7.19. The van der Waals surface area contributed by atoms with E-state index in [9.17, 15) is 4.79 Å². The van der Waals surface area contributed by atoms with Crippen LogP contribution in [-0.2, 0) is 4.79 Å². The van der Waals surface area contributed by atoms with Crippen LogP contribution in [0.5, 0.6) is 0 Å². The molecule has 0 aliphatic carbocycles. The molecule has 2 heteroatoms. The number of anilines is 1. The molecule has 1 N–H and O–H groups in total. The Hall–Kier alpha value is -2.61. The lowest BCUT2D eigenvalue weighted by atomic mass is 9.83. The molecule has 1 amide bonds. The van der Waals surface area contributed by atoms with E-state index >= 15 is 0 Å². The van der Waals surface area contributed by atoms with Crippen LogP contribution in [0.3, 0.4) is 0 Å². The molecule has 0 aromatic heterocycles. The second-order valence-electron chi connectivity index (χ2n) is 5.47. The van der Waals surface area contributed by atoms with Gasteiger partial charge in [0.15, 0.2) is 0 Å². The third kappa shape index (κ3) is 2.00. The monoisotopic (exact) mass is 273 g/mol. The number of hydrogen-bond donors (Lipinski definition) is 1. The number of carbonyl (C=O) groups is 1. The minimum Gasteiger partial charge on any atom is -0.325 e. The lowest BCUT2D eigenvalue weighted by molar-refractivity contribution is -0.116. The Morgan fingerprint density at radius 1 is 0.857 bits per heavy atom. The molecule has 0 unspecified atom stereocenters. The van der Waals surface area contributed by atoms with Gasteiger partial charge in [0.05, 0.1) is 5.69 Å². The lowest BCUT2D eigenvalue weighted by Gasteiger charge is -2.27. The molecule has 1 atom stereocenters. The molecule has 0 saturated carbocycles. The summed E-state index contributed by atoms with van der Waals surface area (Å²) in [5.74, 6) is 0.229. The van der Waals surface area contributed by atoms with Gasteiger partial charge in [-0.25, -0.2) is 0 Å². The molecule has 3 aromatic rings. The fourth-order valence-electron chi connectivity index (χ4n) is 3.19. The van der Waals surface area contributed by atoms with E-state index in [-0.39, 0.29) is 11.8 Å². The first kappa shape index (κ1) is 12.2. The summed E-state index contributed by atoms with van der Waals surface area (Å²) in [5.41, 5.74) is 3.38. The van der Waals surface area contributed by atoms with Gasteiger partial charge in [0, 0.05) is 17.7 Å². The fraction of sp³-hybridized carbons (Fsp3) is 0.105. The van der Waals surface area contributed by atoms with Gasteiger partial charge >= 0.3 is 0 Å². The van der Waals surface area contributed by atoms with E-state index in [1.807, 2.05) is 30.3 Å². The quantitative estimate of drug-likeness (QED) is 0.703. The second kappa shape index (κ2) is 4.74. The van der Waals surface area contributed by atoms with Crippen molar-refractivity contribution < 1.29 is 4.79 Å². The topological polar surface area (TPSA) is 29.1 Å². The van der Waals surface area contributed by atoms with Crippen molar-refractivity contribution in [3.63, 3.8) is 0 Å². The molecule has 2 nitrogen and oxygen atoms in total. The van der Waals surface area contributed by atoms with Crippen LogP contribution in [0, 0.1) is 0 Å². The zero-order chi connectivity index (χ0) is 14.2. The number of hydrogen-bond acceptors (Lipinski definition) is 1. The molecule has 1 heterocycles. The first-order valence-corrected chi connectivity index (χ1v) is 7.19. The zero-order valence-corrected chi connectivity index (χ0v) is 11.5. The van der Waals surface area contributed by atoms with E-state index in [0.717, 1.165) is 16.5 Å². The number of amides is 1. The molecule has 0 fully saturated rings. The van der Waals surface area contributed by atoms with Crippen LogP contribution in [0.1, 0.15) is 23.5 Å². The number of carbonyl (C=O) groups excluding carboxylic acids is 1. The predicted molar refractivity (Wildman–Crippen MR) is 85.5 cm³/mol. The Bertz CT molecular complexity index is 823. The lowest BCUT2D eigenvalue weighted by Crippen LogP contribution is -2.23. The second-order valence-corrected chi connectivity index (χ2v) is 5.47. The van der Waals surface area contributed by atoms with Crippen LogP contribution >= 0.6 is 0 Å². The van der Waals surface area contributed by atoms with Crippen LogP contribution < -0.4 is 5.32 Å². The van der Waals surface area contributed by atoms with E-state index in [1.165, 1.54) is 11.1 Å². The zero-order valence-electron chi connectivity index (χ0n) is 11.5. The summed E-state index contributed by atoms with van der Waals surface area (Å²) in [6.07, 6.45) is 0.509. The predicted octanol–water partition coefficient (Wildman–Crippen LogP) is 4.31. The first-order chi connectivity index (χ1) is 10.3.